The number of aromatic nitrogens is 4. The number of para-hydroxylation sites is 1. The first-order valence-corrected chi connectivity index (χ1v) is 14.4. The maximum absolute atomic E-state index is 16.2. The summed E-state index contributed by atoms with van der Waals surface area (Å²) in [6, 6.07) is 7.68. The van der Waals surface area contributed by atoms with Crippen LogP contribution in [0.1, 0.15) is 19.0 Å². The van der Waals surface area contributed by atoms with Gasteiger partial charge in [-0.2, -0.15) is 0 Å². The number of esters is 1. The molecule has 0 aliphatic carbocycles. The lowest BCUT2D eigenvalue weighted by Crippen LogP contribution is -2.42. The monoisotopic (exact) mass is 578 g/mol. The minimum Gasteiger partial charge on any atom is -0.468 e. The highest BCUT2D eigenvalue weighted by Crippen LogP contribution is 2.48. The van der Waals surface area contributed by atoms with E-state index in [2.05, 4.69) is 25.4 Å². The number of aliphatic hydroxyl groups excluding tert-OH is 1. The number of carbonyl (C=O) groups is 1. The number of rotatable bonds is 10. The molecule has 0 radical (unpaired) electrons. The molecule has 208 valence electrons. The van der Waals surface area contributed by atoms with Crippen molar-refractivity contribution < 1.29 is 32.8 Å². The molecule has 2 aromatic heterocycles. The molecule has 3 N–H and O–H groups in total. The molecule has 1 aromatic carbocycles. The molecule has 3 heterocycles. The van der Waals surface area contributed by atoms with Crippen molar-refractivity contribution in [2.24, 2.45) is 0 Å². The number of carbonyl (C=O) groups excluding carboxylic acids is 1. The topological polar surface area (TPSA) is 142 Å². The summed E-state index contributed by atoms with van der Waals surface area (Å²) in [4.78, 5) is 25.0. The predicted molar refractivity (Wildman–Crippen MR) is 144 cm³/mol. The Kier molecular flexibility index (Phi) is 8.51. The minimum absolute atomic E-state index is 0.258. The normalized spacial score (nSPS) is 25.0. The molecule has 1 saturated heterocycles. The van der Waals surface area contributed by atoms with Gasteiger partial charge in [-0.3, -0.25) is 9.36 Å². The van der Waals surface area contributed by atoms with Crippen LogP contribution in [0.2, 0.25) is 0 Å². The number of nitrogens with zero attached hydrogens (tertiary/aromatic N) is 4. The van der Waals surface area contributed by atoms with Crippen molar-refractivity contribution in [2.45, 2.75) is 44.0 Å². The second kappa shape index (κ2) is 11.5. The molecule has 3 aromatic rings. The molecule has 4 rings (SSSR count). The van der Waals surface area contributed by atoms with Crippen LogP contribution in [0, 0.1) is 19.3 Å². The van der Waals surface area contributed by atoms with Gasteiger partial charge in [0.2, 0.25) is 5.67 Å². The summed E-state index contributed by atoms with van der Waals surface area (Å²) in [5.74, 6) is 2.65. The molecule has 0 bridgehead atoms. The number of benzene rings is 1. The molecule has 0 amide bonds. The number of fused-ring (bicyclic) bond motifs is 1. The molecule has 1 aliphatic rings. The Bertz CT molecular complexity index is 1440. The lowest BCUT2D eigenvalue weighted by molar-refractivity contribution is -0.142. The summed E-state index contributed by atoms with van der Waals surface area (Å²) in [6.45, 7) is -0.680. The largest absolute Gasteiger partial charge is 0.468 e. The van der Waals surface area contributed by atoms with E-state index in [4.69, 9.17) is 36.8 Å². The van der Waals surface area contributed by atoms with Crippen molar-refractivity contribution in [3.63, 3.8) is 0 Å². The van der Waals surface area contributed by atoms with Gasteiger partial charge in [0.05, 0.1) is 20.0 Å². The third kappa shape index (κ3) is 5.74. The number of aliphatic hydroxyl groups is 1. The highest BCUT2D eigenvalue weighted by Gasteiger charge is 2.58. The summed E-state index contributed by atoms with van der Waals surface area (Å²) in [5, 5.41) is 16.7. The van der Waals surface area contributed by atoms with Crippen molar-refractivity contribution in [1.82, 2.24) is 24.6 Å². The third-order valence-electron chi connectivity index (χ3n) is 5.97. The molecule has 15 heteroatoms. The van der Waals surface area contributed by atoms with Crippen LogP contribution in [-0.2, 0) is 30.6 Å². The van der Waals surface area contributed by atoms with Crippen LogP contribution in [0.3, 0.4) is 0 Å². The van der Waals surface area contributed by atoms with Gasteiger partial charge in [-0.15, -0.1) is 6.42 Å². The minimum atomic E-state index is -3.46. The number of hydrogen-bond donors (Lipinski definition) is 3. The van der Waals surface area contributed by atoms with E-state index in [1.54, 1.807) is 44.3 Å². The van der Waals surface area contributed by atoms with Crippen LogP contribution in [0.25, 0.3) is 11.2 Å². The highest BCUT2D eigenvalue weighted by atomic mass is 32.5. The highest BCUT2D eigenvalue weighted by molar-refractivity contribution is 8.09. The number of hydrogen-bond acceptors (Lipinski definition) is 11. The van der Waals surface area contributed by atoms with Gasteiger partial charge in [-0.05, 0) is 37.8 Å². The van der Waals surface area contributed by atoms with Gasteiger partial charge in [-0.1, -0.05) is 24.1 Å². The van der Waals surface area contributed by atoms with Crippen molar-refractivity contribution in [3.05, 3.63) is 42.5 Å². The van der Waals surface area contributed by atoms with Crippen molar-refractivity contribution in [2.75, 3.05) is 26.1 Å². The van der Waals surface area contributed by atoms with Gasteiger partial charge < -0.3 is 28.9 Å². The number of halogens is 1. The number of ether oxygens (including phenoxy) is 2. The van der Waals surface area contributed by atoms with Gasteiger partial charge in [-0.25, -0.2) is 24.4 Å². The van der Waals surface area contributed by atoms with E-state index in [9.17, 15) is 9.90 Å². The van der Waals surface area contributed by atoms with Crippen LogP contribution in [0.5, 0.6) is 5.75 Å². The molecule has 6 atom stereocenters. The van der Waals surface area contributed by atoms with Gasteiger partial charge >= 0.3 is 12.6 Å². The number of aryl methyl sites for hydroxylation is 1. The molecule has 0 saturated carbocycles. The summed E-state index contributed by atoms with van der Waals surface area (Å²) >= 11 is 5.64. The number of imidazole rings is 1. The van der Waals surface area contributed by atoms with E-state index in [1.807, 2.05) is 5.92 Å². The number of nitrogens with one attached hydrogen (secondary N) is 2. The fraction of sp³-hybridized carbons (Fsp3) is 0.417. The lowest BCUT2D eigenvalue weighted by atomic mass is 9.97. The Balaban J connectivity index is 1.61. The Hall–Kier alpha value is -3.18. The Morgan fingerprint density at radius 1 is 1.41 bits per heavy atom. The Morgan fingerprint density at radius 2 is 2.13 bits per heavy atom. The maximum Gasteiger partial charge on any atom is 0.323 e. The standard InChI is InChI=1S/C24H28FN6O6PS/c1-6-24(25)19(32)17(36-23(24)31-13-27-18-20(26-4)28-15(3)29-21(18)31)12-35-38(39,30-14(2)22(33)34-5)37-16-10-8-7-9-11-16/h1,7-11,13-14,17,19,23,32H,12H2,2-5H3,(H,30,39)(H,26,28,29)/t14-,17+,19+,23+,24+,38?/m0/s1. The molecule has 39 heavy (non-hydrogen) atoms. The molecule has 0 spiro atoms. The van der Waals surface area contributed by atoms with Gasteiger partial charge in [0.25, 0.3) is 0 Å². The van der Waals surface area contributed by atoms with Crippen LogP contribution in [0.15, 0.2) is 36.7 Å². The molecule has 1 fully saturated rings. The molecule has 1 unspecified atom stereocenters. The zero-order valence-electron chi connectivity index (χ0n) is 21.6. The summed E-state index contributed by atoms with van der Waals surface area (Å²) in [5.41, 5.74) is -2.04. The van der Waals surface area contributed by atoms with E-state index in [0.717, 1.165) is 0 Å². The van der Waals surface area contributed by atoms with E-state index in [-0.39, 0.29) is 5.65 Å². The fourth-order valence-corrected chi connectivity index (χ4v) is 6.45. The second-order valence-electron chi connectivity index (χ2n) is 8.65. The van der Waals surface area contributed by atoms with Crippen LogP contribution in [0.4, 0.5) is 10.2 Å². The van der Waals surface area contributed by atoms with Gasteiger partial charge in [0.15, 0.2) is 23.2 Å². The second-order valence-corrected chi connectivity index (χ2v) is 11.8. The summed E-state index contributed by atoms with van der Waals surface area (Å²) < 4.78 is 39.9. The first kappa shape index (κ1) is 28.8. The molecular formula is C24H28FN6O6PS. The quantitative estimate of drug-likeness (QED) is 0.185. The van der Waals surface area contributed by atoms with Gasteiger partial charge in [0.1, 0.15) is 29.8 Å². The van der Waals surface area contributed by atoms with Gasteiger partial charge in [0, 0.05) is 7.05 Å². The average molecular weight is 579 g/mol. The zero-order valence-corrected chi connectivity index (χ0v) is 23.3. The first-order chi connectivity index (χ1) is 18.5. The fourth-order valence-electron chi connectivity index (χ4n) is 4.03. The Morgan fingerprint density at radius 3 is 2.77 bits per heavy atom. The lowest BCUT2D eigenvalue weighted by Gasteiger charge is -2.27. The SMILES string of the molecule is C#C[C@@]1(F)[C@H](O)[C@@H](COP(=S)(N[C@@H](C)C(=O)OC)Oc2ccccc2)O[C@H]1n1cnc2c(NC)nc(C)nc21. The first-order valence-electron chi connectivity index (χ1n) is 11.8. The zero-order chi connectivity index (χ0) is 28.4. The summed E-state index contributed by atoms with van der Waals surface area (Å²) in [6.07, 6.45) is 2.30. The van der Waals surface area contributed by atoms with E-state index < -0.39 is 49.4 Å². The van der Waals surface area contributed by atoms with Crippen LogP contribution >= 0.6 is 6.64 Å². The molecule has 1 aliphatic heterocycles. The third-order valence-corrected chi connectivity index (χ3v) is 8.47. The van der Waals surface area contributed by atoms with Crippen molar-refractivity contribution >= 4 is 41.4 Å². The van der Waals surface area contributed by atoms with E-state index in [0.29, 0.717) is 22.9 Å². The number of methoxy groups -OCH3 is 1. The van der Waals surface area contributed by atoms with E-state index in [1.165, 1.54) is 24.9 Å². The smallest absolute Gasteiger partial charge is 0.323 e. The number of terminal acetylenes is 1. The number of alkyl halides is 1. The van der Waals surface area contributed by atoms with E-state index >= 15 is 4.39 Å². The maximum atomic E-state index is 16.2. The van der Waals surface area contributed by atoms with Crippen molar-refractivity contribution in [3.8, 4) is 18.1 Å². The van der Waals surface area contributed by atoms with Crippen LogP contribution in [-0.4, -0.2) is 75.3 Å². The van der Waals surface area contributed by atoms with Crippen LogP contribution < -0.4 is 14.9 Å². The molecule has 12 nitrogen and oxygen atoms in total. The Labute approximate surface area is 229 Å². The average Bonchev–Trinajstić information content (AvgIpc) is 3.45. The summed E-state index contributed by atoms with van der Waals surface area (Å²) in [7, 11) is 2.90. The predicted octanol–water partition coefficient (Wildman–Crippen LogP) is 2.25. The molecular weight excluding hydrogens is 550 g/mol. The van der Waals surface area contributed by atoms with Crippen molar-refractivity contribution in [1.29, 1.82) is 0 Å². The number of anilines is 1.